The zero-order valence-corrected chi connectivity index (χ0v) is 19.9. The van der Waals surface area contributed by atoms with Gasteiger partial charge >= 0.3 is 24.1 Å². The molecule has 0 atom stereocenters. The van der Waals surface area contributed by atoms with Crippen LogP contribution in [0.2, 0.25) is 0 Å². The van der Waals surface area contributed by atoms with E-state index in [0.29, 0.717) is 0 Å². The molecule has 0 amide bonds. The summed E-state index contributed by atoms with van der Waals surface area (Å²) in [6.07, 6.45) is -1.95. The van der Waals surface area contributed by atoms with Crippen LogP contribution in [0.5, 0.6) is 0 Å². The minimum Gasteiger partial charge on any atom is -0.460 e. The van der Waals surface area contributed by atoms with E-state index < -0.39 is 24.1 Å². The highest BCUT2D eigenvalue weighted by atomic mass is 28.2. The molecule has 0 spiro atoms. The van der Waals surface area contributed by atoms with Gasteiger partial charge in [-0.25, -0.2) is 14.4 Å². The van der Waals surface area contributed by atoms with Crippen molar-refractivity contribution in [2.24, 2.45) is 0 Å². The minimum absolute atomic E-state index is 0.111. The summed E-state index contributed by atoms with van der Waals surface area (Å²) in [5.41, 5.74) is 0.727. The Labute approximate surface area is 179 Å². The van der Waals surface area contributed by atoms with Gasteiger partial charge in [0.25, 0.3) is 0 Å². The minimum atomic E-state index is -1.95. The van der Waals surface area contributed by atoms with Gasteiger partial charge in [-0.05, 0) is 20.8 Å². The Morgan fingerprint density at radius 2 is 0.900 bits per heavy atom. The quantitative estimate of drug-likeness (QED) is 0.0818. The summed E-state index contributed by atoms with van der Waals surface area (Å²) in [5, 5.41) is 0. The normalized spacial score (nSPS) is 10.9. The van der Waals surface area contributed by atoms with Crippen molar-refractivity contribution in [3.05, 3.63) is 36.5 Å². The molecule has 10 nitrogen and oxygen atoms in total. The molecule has 0 aromatic rings. The molecular weight excluding hydrogens is 416 g/mol. The van der Waals surface area contributed by atoms with Gasteiger partial charge in [-0.3, -0.25) is 0 Å². The van der Waals surface area contributed by atoms with E-state index in [1.807, 2.05) is 0 Å². The van der Waals surface area contributed by atoms with Crippen molar-refractivity contribution in [3.63, 3.8) is 0 Å². The SMILES string of the molecule is C=C(C)C(=O)OCCOC(O[SiH3])(OCCOC(=O)C(=C)C)OCCOC(=O)C(=C)C. The number of carbonyl (C=O) groups is 3. The summed E-state index contributed by atoms with van der Waals surface area (Å²) in [7, 11) is 0.142. The molecule has 0 radical (unpaired) electrons. The third-order valence-corrected chi connectivity index (χ3v) is 3.58. The van der Waals surface area contributed by atoms with Gasteiger partial charge < -0.3 is 32.8 Å². The van der Waals surface area contributed by atoms with Crippen LogP contribution in [0, 0.1) is 0 Å². The molecule has 0 aromatic carbocycles. The van der Waals surface area contributed by atoms with Gasteiger partial charge in [0.05, 0.1) is 19.8 Å². The van der Waals surface area contributed by atoms with Crippen LogP contribution in [0.1, 0.15) is 20.8 Å². The van der Waals surface area contributed by atoms with Gasteiger partial charge in [0.15, 0.2) is 10.5 Å². The van der Waals surface area contributed by atoms with Crippen LogP contribution in [0.15, 0.2) is 36.5 Å². The topological polar surface area (TPSA) is 116 Å². The average Bonchev–Trinajstić information content (AvgIpc) is 2.70. The lowest BCUT2D eigenvalue weighted by Gasteiger charge is -2.31. The summed E-state index contributed by atoms with van der Waals surface area (Å²) < 4.78 is 36.5. The number of carbonyl (C=O) groups excluding carboxylic acids is 3. The standard InChI is InChI=1S/C19H30O10Si/c1-13(2)16(20)23-7-10-26-19(29-30,27-11-8-24-17(21)14(3)4)28-12-9-25-18(22)15(5)6/h1,3,5,7-12H2,2,4,6,30H3. The smallest absolute Gasteiger partial charge is 0.402 e. The van der Waals surface area contributed by atoms with Crippen LogP contribution in [0.25, 0.3) is 0 Å². The third-order valence-electron chi connectivity index (χ3n) is 3.08. The average molecular weight is 447 g/mol. The highest BCUT2D eigenvalue weighted by Crippen LogP contribution is 2.16. The molecule has 0 heterocycles. The van der Waals surface area contributed by atoms with E-state index in [2.05, 4.69) is 19.7 Å². The molecule has 0 aromatic heterocycles. The van der Waals surface area contributed by atoms with Crippen molar-refractivity contribution >= 4 is 28.4 Å². The fourth-order valence-electron chi connectivity index (χ4n) is 1.57. The van der Waals surface area contributed by atoms with Crippen LogP contribution in [-0.2, 0) is 47.2 Å². The van der Waals surface area contributed by atoms with E-state index in [9.17, 15) is 14.4 Å². The molecule has 170 valence electrons. The molecule has 0 saturated carbocycles. The van der Waals surface area contributed by atoms with Crippen LogP contribution in [0.3, 0.4) is 0 Å². The van der Waals surface area contributed by atoms with Crippen molar-refractivity contribution in [3.8, 4) is 0 Å². The maximum Gasteiger partial charge on any atom is 0.402 e. The summed E-state index contributed by atoms with van der Waals surface area (Å²) in [4.78, 5) is 34.3. The van der Waals surface area contributed by atoms with Crippen molar-refractivity contribution in [1.29, 1.82) is 0 Å². The molecule has 0 N–H and O–H groups in total. The predicted octanol–water partition coefficient (Wildman–Crippen LogP) is 0.302. The third kappa shape index (κ3) is 11.6. The Balaban J connectivity index is 4.74. The Kier molecular flexibility index (Phi) is 13.5. The van der Waals surface area contributed by atoms with Crippen LogP contribution in [-0.4, -0.2) is 74.2 Å². The summed E-state index contributed by atoms with van der Waals surface area (Å²) in [6.45, 7) is 14.2. The van der Waals surface area contributed by atoms with Gasteiger partial charge in [0.1, 0.15) is 19.8 Å². The van der Waals surface area contributed by atoms with Gasteiger partial charge in [-0.1, -0.05) is 19.7 Å². The number of hydrogen-bond acceptors (Lipinski definition) is 10. The van der Waals surface area contributed by atoms with Crippen molar-refractivity contribution in [2.75, 3.05) is 39.6 Å². The fraction of sp³-hybridized carbons (Fsp3) is 0.526. The van der Waals surface area contributed by atoms with E-state index in [4.69, 9.17) is 32.8 Å². The Morgan fingerprint density at radius 1 is 0.633 bits per heavy atom. The van der Waals surface area contributed by atoms with Crippen molar-refractivity contribution in [2.45, 2.75) is 26.9 Å². The van der Waals surface area contributed by atoms with Gasteiger partial charge in [-0.15, -0.1) is 0 Å². The van der Waals surface area contributed by atoms with Crippen molar-refractivity contribution in [1.82, 2.24) is 0 Å². The second-order valence-corrected chi connectivity index (χ2v) is 6.41. The van der Waals surface area contributed by atoms with E-state index >= 15 is 0 Å². The number of rotatable bonds is 16. The monoisotopic (exact) mass is 446 g/mol. The molecule has 0 aliphatic carbocycles. The molecule has 0 unspecified atom stereocenters. The first kappa shape index (κ1) is 27.7. The van der Waals surface area contributed by atoms with Gasteiger partial charge in [-0.2, -0.15) is 0 Å². The van der Waals surface area contributed by atoms with Gasteiger partial charge in [0.2, 0.25) is 0 Å². The lowest BCUT2D eigenvalue weighted by Crippen LogP contribution is -2.44. The summed E-state index contributed by atoms with van der Waals surface area (Å²) >= 11 is 0. The lowest BCUT2D eigenvalue weighted by atomic mass is 10.4. The second kappa shape index (κ2) is 14.6. The molecule has 0 saturated heterocycles. The maximum absolute atomic E-state index is 11.4. The summed E-state index contributed by atoms with van der Waals surface area (Å²) in [6, 6.07) is 0. The van der Waals surface area contributed by atoms with Crippen LogP contribution in [0.4, 0.5) is 0 Å². The Bertz CT molecular complexity index is 560. The zero-order valence-electron chi connectivity index (χ0n) is 17.9. The largest absolute Gasteiger partial charge is 0.460 e. The predicted molar refractivity (Wildman–Crippen MR) is 109 cm³/mol. The lowest BCUT2D eigenvalue weighted by molar-refractivity contribution is -0.473. The van der Waals surface area contributed by atoms with E-state index in [0.717, 1.165) is 0 Å². The Hall–Kier alpha value is -2.31. The molecule has 0 aliphatic rings. The second-order valence-electron chi connectivity index (χ2n) is 6.00. The maximum atomic E-state index is 11.4. The van der Waals surface area contributed by atoms with Gasteiger partial charge in [0, 0.05) is 16.7 Å². The summed E-state index contributed by atoms with van der Waals surface area (Å²) in [5.74, 6) is -1.72. The fourth-order valence-corrected chi connectivity index (χ4v) is 1.93. The van der Waals surface area contributed by atoms with E-state index in [1.165, 1.54) is 20.8 Å². The highest BCUT2D eigenvalue weighted by Gasteiger charge is 2.34. The number of esters is 3. The number of ether oxygens (including phenoxy) is 6. The molecule has 0 aliphatic heterocycles. The number of hydrogen-bond donors (Lipinski definition) is 0. The molecule has 30 heavy (non-hydrogen) atoms. The first-order valence-electron chi connectivity index (χ1n) is 8.99. The molecule has 0 rings (SSSR count). The van der Waals surface area contributed by atoms with Crippen molar-refractivity contribution < 1.29 is 47.2 Å². The van der Waals surface area contributed by atoms with E-state index in [-0.39, 0.29) is 66.8 Å². The Morgan fingerprint density at radius 3 is 1.10 bits per heavy atom. The molecule has 0 fully saturated rings. The van der Waals surface area contributed by atoms with Crippen LogP contribution >= 0.6 is 0 Å². The molecule has 11 heteroatoms. The molecular formula is C19H30O10Si. The van der Waals surface area contributed by atoms with Crippen LogP contribution < -0.4 is 0 Å². The zero-order chi connectivity index (χ0) is 23.2. The first-order chi connectivity index (χ1) is 14.0. The van der Waals surface area contributed by atoms with E-state index in [1.54, 1.807) is 0 Å². The highest BCUT2D eigenvalue weighted by molar-refractivity contribution is 5.98. The first-order valence-corrected chi connectivity index (χ1v) is 9.81. The molecule has 0 bridgehead atoms.